The zero-order valence-corrected chi connectivity index (χ0v) is 17.8. The van der Waals surface area contributed by atoms with Gasteiger partial charge in [0.1, 0.15) is 21.7 Å². The Bertz CT molecular complexity index is 1580. The SMILES string of the molecule is CCOC(=O)c1c(NC(=O)c2cc3c(ccc4ccccc43)oc2=O)sc2ccccc12. The van der Waals surface area contributed by atoms with Gasteiger partial charge < -0.3 is 14.5 Å². The summed E-state index contributed by atoms with van der Waals surface area (Å²) in [5.74, 6) is -1.18. The zero-order valence-electron chi connectivity index (χ0n) is 17.0. The van der Waals surface area contributed by atoms with Crippen molar-refractivity contribution in [3.8, 4) is 0 Å². The number of nitrogens with one attached hydrogen (secondary N) is 1. The molecule has 7 heteroatoms. The van der Waals surface area contributed by atoms with E-state index in [1.54, 1.807) is 19.1 Å². The topological polar surface area (TPSA) is 85.6 Å². The van der Waals surface area contributed by atoms with Crippen LogP contribution in [0.3, 0.4) is 0 Å². The normalized spacial score (nSPS) is 11.2. The van der Waals surface area contributed by atoms with Gasteiger partial charge in [-0.2, -0.15) is 0 Å². The van der Waals surface area contributed by atoms with Gasteiger partial charge in [-0.1, -0.05) is 48.5 Å². The van der Waals surface area contributed by atoms with E-state index in [1.165, 1.54) is 17.4 Å². The Morgan fingerprint density at radius 3 is 2.53 bits per heavy atom. The average Bonchev–Trinajstić information content (AvgIpc) is 3.16. The molecule has 6 nitrogen and oxygen atoms in total. The third-order valence-corrected chi connectivity index (χ3v) is 6.27. The van der Waals surface area contributed by atoms with Gasteiger partial charge in [-0.15, -0.1) is 11.3 Å². The fourth-order valence-corrected chi connectivity index (χ4v) is 4.83. The van der Waals surface area contributed by atoms with Crippen LogP contribution in [-0.4, -0.2) is 18.5 Å². The molecule has 0 unspecified atom stereocenters. The highest BCUT2D eigenvalue weighted by atomic mass is 32.1. The van der Waals surface area contributed by atoms with Crippen molar-refractivity contribution in [2.75, 3.05) is 11.9 Å². The summed E-state index contributed by atoms with van der Waals surface area (Å²) in [6, 6.07) is 20.1. The number of hydrogen-bond acceptors (Lipinski definition) is 6. The first kappa shape index (κ1) is 20.0. The van der Waals surface area contributed by atoms with Gasteiger partial charge in [0.25, 0.3) is 5.91 Å². The minimum absolute atomic E-state index is 0.138. The highest BCUT2D eigenvalue weighted by Gasteiger charge is 2.23. The zero-order chi connectivity index (χ0) is 22.2. The first-order valence-corrected chi connectivity index (χ1v) is 10.8. The van der Waals surface area contributed by atoms with Crippen molar-refractivity contribution in [3.63, 3.8) is 0 Å². The maximum atomic E-state index is 13.1. The molecule has 0 saturated carbocycles. The summed E-state index contributed by atoms with van der Waals surface area (Å²) < 4.78 is 11.4. The van der Waals surface area contributed by atoms with Crippen molar-refractivity contribution >= 4 is 60.0 Å². The van der Waals surface area contributed by atoms with Crippen LogP contribution in [0.1, 0.15) is 27.6 Å². The number of esters is 1. The van der Waals surface area contributed by atoms with E-state index in [1.807, 2.05) is 48.5 Å². The molecule has 2 aromatic heterocycles. The first-order valence-electron chi connectivity index (χ1n) is 10.0. The van der Waals surface area contributed by atoms with Crippen molar-refractivity contribution in [2.24, 2.45) is 0 Å². The predicted octanol–water partition coefficient (Wildman–Crippen LogP) is 5.59. The van der Waals surface area contributed by atoms with Gasteiger partial charge in [0, 0.05) is 15.5 Å². The number of carbonyl (C=O) groups is 2. The van der Waals surface area contributed by atoms with Gasteiger partial charge in [-0.05, 0) is 35.9 Å². The van der Waals surface area contributed by atoms with Gasteiger partial charge in [0.05, 0.1) is 6.61 Å². The fourth-order valence-electron chi connectivity index (χ4n) is 3.74. The van der Waals surface area contributed by atoms with Gasteiger partial charge in [-0.3, -0.25) is 4.79 Å². The van der Waals surface area contributed by atoms with Crippen LogP contribution < -0.4 is 10.9 Å². The quantitative estimate of drug-likeness (QED) is 0.222. The minimum atomic E-state index is -0.746. The third kappa shape index (κ3) is 3.33. The van der Waals surface area contributed by atoms with E-state index in [2.05, 4.69) is 5.32 Å². The van der Waals surface area contributed by atoms with E-state index >= 15 is 0 Å². The first-order chi connectivity index (χ1) is 15.6. The molecule has 1 N–H and O–H groups in total. The van der Waals surface area contributed by atoms with E-state index in [-0.39, 0.29) is 17.7 Å². The summed E-state index contributed by atoms with van der Waals surface area (Å²) in [7, 11) is 0. The number of anilines is 1. The molecule has 32 heavy (non-hydrogen) atoms. The average molecular weight is 443 g/mol. The maximum Gasteiger partial charge on any atom is 0.349 e. The number of ether oxygens (including phenoxy) is 1. The second-order valence-electron chi connectivity index (χ2n) is 7.12. The highest BCUT2D eigenvalue weighted by Crippen LogP contribution is 2.36. The van der Waals surface area contributed by atoms with Crippen LogP contribution in [0, 0.1) is 0 Å². The molecule has 0 spiro atoms. The smallest absolute Gasteiger partial charge is 0.349 e. The van der Waals surface area contributed by atoms with E-state index in [0.29, 0.717) is 21.4 Å². The fraction of sp³-hybridized carbons (Fsp3) is 0.0800. The van der Waals surface area contributed by atoms with Crippen molar-refractivity contribution in [3.05, 3.63) is 88.3 Å². The second kappa shape index (κ2) is 7.94. The molecule has 1 amide bonds. The summed E-state index contributed by atoms with van der Waals surface area (Å²) in [4.78, 5) is 38.3. The number of carbonyl (C=O) groups excluding carboxylic acids is 2. The number of thiophene rings is 1. The van der Waals surface area contributed by atoms with E-state index in [0.717, 1.165) is 15.5 Å². The molecule has 0 radical (unpaired) electrons. The van der Waals surface area contributed by atoms with Crippen molar-refractivity contribution in [2.45, 2.75) is 6.92 Å². The number of rotatable bonds is 4. The van der Waals surface area contributed by atoms with E-state index < -0.39 is 17.5 Å². The Morgan fingerprint density at radius 1 is 0.969 bits per heavy atom. The molecule has 0 atom stereocenters. The summed E-state index contributed by atoms with van der Waals surface area (Å²) in [6.45, 7) is 1.92. The van der Waals surface area contributed by atoms with Crippen LogP contribution in [-0.2, 0) is 4.74 Å². The Hall–Kier alpha value is -3.97. The van der Waals surface area contributed by atoms with Crippen molar-refractivity contribution in [1.29, 1.82) is 0 Å². The lowest BCUT2D eigenvalue weighted by atomic mass is 10.0. The summed E-state index contributed by atoms with van der Waals surface area (Å²) in [6.07, 6.45) is 0. The number of benzene rings is 3. The maximum absolute atomic E-state index is 13.1. The Balaban J connectivity index is 1.61. The summed E-state index contributed by atoms with van der Waals surface area (Å²) in [5.41, 5.74) is -0.207. The summed E-state index contributed by atoms with van der Waals surface area (Å²) in [5, 5.41) is 6.24. The molecule has 0 bridgehead atoms. The lowest BCUT2D eigenvalue weighted by Gasteiger charge is -2.08. The van der Waals surface area contributed by atoms with Crippen LogP contribution in [0.2, 0.25) is 0 Å². The van der Waals surface area contributed by atoms with Gasteiger partial charge >= 0.3 is 11.6 Å². The van der Waals surface area contributed by atoms with Crippen molar-refractivity contribution in [1.82, 2.24) is 0 Å². The standard InChI is InChI=1S/C25H17NO5S/c1-2-30-25(29)21-16-9-5-6-10-20(16)32-23(21)26-22(27)18-13-17-15-8-4-3-7-14(15)11-12-19(17)31-24(18)28/h3-13H,2H2,1H3,(H,26,27). The Kier molecular flexibility index (Phi) is 4.95. The van der Waals surface area contributed by atoms with E-state index in [9.17, 15) is 14.4 Å². The van der Waals surface area contributed by atoms with Crippen molar-refractivity contribution < 1.29 is 18.7 Å². The third-order valence-electron chi connectivity index (χ3n) is 5.19. The second-order valence-corrected chi connectivity index (χ2v) is 8.18. The minimum Gasteiger partial charge on any atom is -0.462 e. The monoisotopic (exact) mass is 443 g/mol. The van der Waals surface area contributed by atoms with Crippen LogP contribution in [0.5, 0.6) is 0 Å². The largest absolute Gasteiger partial charge is 0.462 e. The number of fused-ring (bicyclic) bond motifs is 4. The molecule has 5 rings (SSSR count). The number of hydrogen-bond donors (Lipinski definition) is 1. The lowest BCUT2D eigenvalue weighted by molar-refractivity contribution is 0.0530. The Morgan fingerprint density at radius 2 is 1.72 bits per heavy atom. The van der Waals surface area contributed by atoms with Gasteiger partial charge in [0.15, 0.2) is 0 Å². The van der Waals surface area contributed by atoms with Crippen LogP contribution in [0.4, 0.5) is 5.00 Å². The Labute approximate surface area is 186 Å². The van der Waals surface area contributed by atoms with Crippen LogP contribution in [0.25, 0.3) is 31.8 Å². The highest BCUT2D eigenvalue weighted by molar-refractivity contribution is 7.23. The molecular weight excluding hydrogens is 426 g/mol. The molecule has 5 aromatic rings. The molecule has 0 saturated heterocycles. The predicted molar refractivity (Wildman–Crippen MR) is 126 cm³/mol. The molecule has 0 aliphatic rings. The number of amides is 1. The molecule has 158 valence electrons. The molecule has 0 fully saturated rings. The molecule has 2 heterocycles. The van der Waals surface area contributed by atoms with E-state index in [4.69, 9.17) is 9.15 Å². The lowest BCUT2D eigenvalue weighted by Crippen LogP contribution is -2.21. The molecule has 0 aliphatic carbocycles. The van der Waals surface area contributed by atoms with Crippen LogP contribution >= 0.6 is 11.3 Å². The van der Waals surface area contributed by atoms with Gasteiger partial charge in [-0.25, -0.2) is 9.59 Å². The van der Waals surface area contributed by atoms with Gasteiger partial charge in [0.2, 0.25) is 0 Å². The molecular formula is C25H17NO5S. The van der Waals surface area contributed by atoms with Crippen LogP contribution in [0.15, 0.2) is 75.9 Å². The molecule has 3 aromatic carbocycles. The molecule has 0 aliphatic heterocycles. The summed E-state index contributed by atoms with van der Waals surface area (Å²) >= 11 is 1.25.